The second-order valence-electron chi connectivity index (χ2n) is 7.45. The quantitative estimate of drug-likeness (QED) is 0.619. The Morgan fingerprint density at radius 1 is 1.10 bits per heavy atom. The van der Waals surface area contributed by atoms with Gasteiger partial charge in [-0.25, -0.2) is 8.42 Å². The number of sulfonamides is 1. The van der Waals surface area contributed by atoms with Gasteiger partial charge in [0.05, 0.1) is 18.1 Å². The third-order valence-electron chi connectivity index (χ3n) is 5.56. The highest BCUT2D eigenvalue weighted by molar-refractivity contribution is 7.89. The molecule has 2 aliphatic heterocycles. The summed E-state index contributed by atoms with van der Waals surface area (Å²) in [6, 6.07) is 3.14. The number of nitrogens with zero attached hydrogens (tertiary/aromatic N) is 2. The Morgan fingerprint density at radius 3 is 2.41 bits per heavy atom. The van der Waals surface area contributed by atoms with Crippen molar-refractivity contribution in [1.82, 2.24) is 9.21 Å². The van der Waals surface area contributed by atoms with Gasteiger partial charge in [-0.05, 0) is 37.5 Å². The Bertz CT molecular complexity index is 831. The monoisotopic (exact) mass is 464 g/mol. The summed E-state index contributed by atoms with van der Waals surface area (Å²) in [7, 11) is -0.826. The predicted molar refractivity (Wildman–Crippen MR) is 111 cm³/mol. The number of rotatable bonds is 7. The highest BCUT2D eigenvalue weighted by atomic mass is 35.5. The average Bonchev–Trinajstić information content (AvgIpc) is 2.74. The molecule has 3 rings (SSSR count). The normalized spacial score (nSPS) is 25.9. The summed E-state index contributed by atoms with van der Waals surface area (Å²) in [6.45, 7) is 1.59. The lowest BCUT2D eigenvalue weighted by molar-refractivity contribution is -0.135. The largest absolute Gasteiger partial charge is 0.384 e. The number of hydrogen-bond acceptors (Lipinski definition) is 5. The molecule has 2 fully saturated rings. The number of methoxy groups -OCH3 is 2. The molecule has 0 aromatic heterocycles. The van der Waals surface area contributed by atoms with Crippen LogP contribution in [0.15, 0.2) is 23.1 Å². The van der Waals surface area contributed by atoms with E-state index in [1.807, 2.05) is 0 Å². The number of halogens is 2. The molecule has 162 valence electrons. The van der Waals surface area contributed by atoms with Crippen LogP contribution in [0.5, 0.6) is 0 Å². The number of carbonyl (C=O) groups is 1. The van der Waals surface area contributed by atoms with E-state index in [0.717, 1.165) is 6.42 Å². The second kappa shape index (κ2) is 9.49. The molecule has 1 aromatic carbocycles. The van der Waals surface area contributed by atoms with Gasteiger partial charge in [-0.2, -0.15) is 4.31 Å². The average molecular weight is 465 g/mol. The fourth-order valence-electron chi connectivity index (χ4n) is 4.31. The molecule has 0 spiro atoms. The van der Waals surface area contributed by atoms with Gasteiger partial charge in [-0.1, -0.05) is 23.2 Å². The zero-order chi connectivity index (χ0) is 21.2. The SMILES string of the molecule is COCCN1CC(COC)C2CCCC(C1=O)N2S(=O)(=O)c1cc(Cl)cc(Cl)c1. The maximum absolute atomic E-state index is 13.6. The minimum atomic E-state index is -3.99. The Hall–Kier alpha value is -0.900. The maximum Gasteiger partial charge on any atom is 0.244 e. The predicted octanol–water partition coefficient (Wildman–Crippen LogP) is 2.66. The Labute approximate surface area is 181 Å². The summed E-state index contributed by atoms with van der Waals surface area (Å²) in [5, 5.41) is 0.468. The molecule has 2 bridgehead atoms. The Balaban J connectivity index is 2.07. The lowest BCUT2D eigenvalue weighted by Crippen LogP contribution is -2.55. The number of hydrogen-bond donors (Lipinski definition) is 0. The number of carbonyl (C=O) groups excluding carboxylic acids is 1. The van der Waals surface area contributed by atoms with Crippen molar-refractivity contribution in [3.63, 3.8) is 0 Å². The summed E-state index contributed by atoms with van der Waals surface area (Å²) in [5.41, 5.74) is 0. The third-order valence-corrected chi connectivity index (χ3v) is 7.91. The molecule has 3 atom stereocenters. The topological polar surface area (TPSA) is 76.2 Å². The van der Waals surface area contributed by atoms with Crippen LogP contribution in [0.1, 0.15) is 19.3 Å². The van der Waals surface area contributed by atoms with E-state index in [4.69, 9.17) is 32.7 Å². The van der Waals surface area contributed by atoms with Gasteiger partial charge in [0.2, 0.25) is 15.9 Å². The molecular formula is C19H26Cl2N2O5S. The van der Waals surface area contributed by atoms with E-state index in [9.17, 15) is 13.2 Å². The first kappa shape index (κ1) is 22.8. The van der Waals surface area contributed by atoms with Crippen molar-refractivity contribution in [3.8, 4) is 0 Å². The van der Waals surface area contributed by atoms with Crippen molar-refractivity contribution >= 4 is 39.1 Å². The third kappa shape index (κ3) is 4.73. The van der Waals surface area contributed by atoms with Crippen LogP contribution in [0.2, 0.25) is 10.0 Å². The zero-order valence-corrected chi connectivity index (χ0v) is 18.8. The second-order valence-corrected chi connectivity index (χ2v) is 10.2. The van der Waals surface area contributed by atoms with E-state index in [2.05, 4.69) is 0 Å². The van der Waals surface area contributed by atoms with Gasteiger partial charge >= 0.3 is 0 Å². The summed E-state index contributed by atoms with van der Waals surface area (Å²) in [4.78, 5) is 15.0. The molecule has 2 saturated heterocycles. The van der Waals surface area contributed by atoms with E-state index in [1.54, 1.807) is 19.1 Å². The number of fused-ring (bicyclic) bond motifs is 2. The summed E-state index contributed by atoms with van der Waals surface area (Å²) in [5.74, 6) is -0.336. The van der Waals surface area contributed by atoms with E-state index >= 15 is 0 Å². The van der Waals surface area contributed by atoms with Crippen molar-refractivity contribution in [2.45, 2.75) is 36.2 Å². The molecular weight excluding hydrogens is 439 g/mol. The summed E-state index contributed by atoms with van der Waals surface area (Å²) >= 11 is 12.1. The van der Waals surface area contributed by atoms with Gasteiger partial charge in [0, 0.05) is 49.3 Å². The van der Waals surface area contributed by atoms with Gasteiger partial charge in [0.15, 0.2) is 0 Å². The molecule has 1 amide bonds. The van der Waals surface area contributed by atoms with Gasteiger partial charge in [0.25, 0.3) is 0 Å². The van der Waals surface area contributed by atoms with E-state index in [1.165, 1.54) is 22.5 Å². The zero-order valence-electron chi connectivity index (χ0n) is 16.5. The molecule has 1 aromatic rings. The van der Waals surface area contributed by atoms with E-state index in [0.29, 0.717) is 39.1 Å². The summed E-state index contributed by atoms with van der Waals surface area (Å²) in [6.07, 6.45) is 1.93. The minimum absolute atomic E-state index is 0.00112. The fraction of sp³-hybridized carbons (Fsp3) is 0.632. The smallest absolute Gasteiger partial charge is 0.244 e. The first-order valence-electron chi connectivity index (χ1n) is 9.56. The molecule has 2 heterocycles. The molecule has 0 saturated carbocycles. The highest BCUT2D eigenvalue weighted by Gasteiger charge is 2.50. The van der Waals surface area contributed by atoms with Crippen molar-refractivity contribution in [1.29, 1.82) is 0 Å². The lowest BCUT2D eigenvalue weighted by atomic mass is 9.91. The van der Waals surface area contributed by atoms with Crippen LogP contribution in [-0.4, -0.2) is 76.1 Å². The number of amides is 1. The number of piperidine rings is 1. The molecule has 0 N–H and O–H groups in total. The van der Waals surface area contributed by atoms with Gasteiger partial charge in [0.1, 0.15) is 6.04 Å². The first-order chi connectivity index (χ1) is 13.8. The molecule has 0 radical (unpaired) electrons. The molecule has 2 aliphatic rings. The maximum atomic E-state index is 13.6. The van der Waals surface area contributed by atoms with Crippen LogP contribution in [-0.2, 0) is 24.3 Å². The van der Waals surface area contributed by atoms with E-state index < -0.39 is 16.1 Å². The molecule has 3 unspecified atom stereocenters. The van der Waals surface area contributed by atoms with Crippen LogP contribution in [0.4, 0.5) is 0 Å². The van der Waals surface area contributed by atoms with Crippen molar-refractivity contribution in [2.75, 3.05) is 40.5 Å². The number of benzene rings is 1. The molecule has 0 aliphatic carbocycles. The molecule has 7 nitrogen and oxygen atoms in total. The van der Waals surface area contributed by atoms with Crippen molar-refractivity contribution in [3.05, 3.63) is 28.2 Å². The van der Waals surface area contributed by atoms with Crippen LogP contribution in [0.25, 0.3) is 0 Å². The van der Waals surface area contributed by atoms with Crippen LogP contribution >= 0.6 is 23.2 Å². The van der Waals surface area contributed by atoms with Gasteiger partial charge in [-0.15, -0.1) is 0 Å². The molecule has 29 heavy (non-hydrogen) atoms. The van der Waals surface area contributed by atoms with E-state index in [-0.39, 0.29) is 32.8 Å². The summed E-state index contributed by atoms with van der Waals surface area (Å²) < 4.78 is 39.2. The lowest BCUT2D eigenvalue weighted by Gasteiger charge is -2.40. The van der Waals surface area contributed by atoms with Crippen molar-refractivity contribution in [2.24, 2.45) is 5.92 Å². The highest BCUT2D eigenvalue weighted by Crippen LogP contribution is 2.38. The van der Waals surface area contributed by atoms with Gasteiger partial charge < -0.3 is 14.4 Å². The number of ether oxygens (including phenoxy) is 2. The standard InChI is InChI=1S/C19H26Cl2N2O5S/c1-27-7-6-22-11-13(12-28-2)17-4-3-5-18(19(22)24)23(17)29(25,26)16-9-14(20)8-15(21)10-16/h8-10,13,17-18H,3-7,11-12H2,1-2H3. The first-order valence-corrected chi connectivity index (χ1v) is 11.8. The fourth-order valence-corrected chi connectivity index (χ4v) is 6.93. The van der Waals surface area contributed by atoms with Crippen LogP contribution in [0.3, 0.4) is 0 Å². The van der Waals surface area contributed by atoms with Crippen LogP contribution < -0.4 is 0 Å². The van der Waals surface area contributed by atoms with Crippen molar-refractivity contribution < 1.29 is 22.7 Å². The Kier molecular flexibility index (Phi) is 7.46. The Morgan fingerprint density at radius 2 is 1.79 bits per heavy atom. The van der Waals surface area contributed by atoms with Crippen LogP contribution in [0, 0.1) is 5.92 Å². The molecule has 10 heteroatoms. The van der Waals surface area contributed by atoms with Gasteiger partial charge in [-0.3, -0.25) is 4.79 Å². The minimum Gasteiger partial charge on any atom is -0.384 e.